The summed E-state index contributed by atoms with van der Waals surface area (Å²) in [4.78, 5) is 2.52. The van der Waals surface area contributed by atoms with E-state index in [4.69, 9.17) is 4.74 Å². The monoisotopic (exact) mass is 328 g/mol. The Morgan fingerprint density at radius 1 is 1.29 bits per heavy atom. The van der Waals surface area contributed by atoms with Crippen molar-refractivity contribution in [1.82, 2.24) is 9.47 Å². The lowest BCUT2D eigenvalue weighted by atomic mass is 9.79. The number of likely N-dealkylation sites (tertiary alicyclic amines) is 1. The van der Waals surface area contributed by atoms with Gasteiger partial charge in [0, 0.05) is 49.9 Å². The first-order valence-electron chi connectivity index (χ1n) is 9.05. The number of rotatable bonds is 3. The van der Waals surface area contributed by atoms with Crippen LogP contribution in [0.1, 0.15) is 36.9 Å². The predicted octanol–water partition coefficient (Wildman–Crippen LogP) is 2.99. The van der Waals surface area contributed by atoms with Gasteiger partial charge in [0.2, 0.25) is 0 Å². The fraction of sp³-hybridized carbons (Fsp3) is 0.600. The highest BCUT2D eigenvalue weighted by molar-refractivity contribution is 5.82. The van der Waals surface area contributed by atoms with Crippen LogP contribution in [0.25, 0.3) is 10.9 Å². The number of nitrogens with zero attached hydrogens (tertiary/aromatic N) is 2. The second kappa shape index (κ2) is 5.87. The summed E-state index contributed by atoms with van der Waals surface area (Å²) in [6.45, 7) is 4.11. The van der Waals surface area contributed by atoms with Crippen molar-refractivity contribution >= 4 is 10.9 Å². The maximum atomic E-state index is 10.2. The second-order valence-electron chi connectivity index (χ2n) is 7.69. The number of benzene rings is 1. The normalized spacial score (nSPS) is 30.8. The average molecular weight is 328 g/mol. The van der Waals surface area contributed by atoms with Gasteiger partial charge in [-0.3, -0.25) is 4.90 Å². The van der Waals surface area contributed by atoms with Crippen LogP contribution < -0.4 is 0 Å². The maximum Gasteiger partial charge on any atom is 0.0847 e. The van der Waals surface area contributed by atoms with E-state index in [1.165, 1.54) is 22.2 Å². The summed E-state index contributed by atoms with van der Waals surface area (Å²) in [5, 5.41) is 11.5. The predicted molar refractivity (Wildman–Crippen MR) is 96.1 cm³/mol. The van der Waals surface area contributed by atoms with Gasteiger partial charge in [0.15, 0.2) is 0 Å². The zero-order chi connectivity index (χ0) is 16.9. The van der Waals surface area contributed by atoms with Gasteiger partial charge in [0.25, 0.3) is 0 Å². The molecule has 0 bridgehead atoms. The molecule has 0 spiro atoms. The quantitative estimate of drug-likeness (QED) is 0.941. The third-order valence-electron chi connectivity index (χ3n) is 6.34. The molecule has 130 valence electrons. The van der Waals surface area contributed by atoms with Crippen molar-refractivity contribution in [2.24, 2.45) is 7.05 Å². The number of methoxy groups -OCH3 is 1. The number of hydrogen-bond donors (Lipinski definition) is 1. The Hall–Kier alpha value is -1.36. The third kappa shape index (κ3) is 2.48. The summed E-state index contributed by atoms with van der Waals surface area (Å²) in [6, 6.07) is 9.28. The minimum absolute atomic E-state index is 0.0552. The van der Waals surface area contributed by atoms with Crippen LogP contribution in [-0.2, 0) is 18.3 Å². The summed E-state index contributed by atoms with van der Waals surface area (Å²) in [6.07, 6.45) is 3.56. The molecule has 4 nitrogen and oxygen atoms in total. The summed E-state index contributed by atoms with van der Waals surface area (Å²) in [5.41, 5.74) is 3.87. The van der Waals surface area contributed by atoms with Crippen LogP contribution in [-0.4, -0.2) is 46.0 Å². The van der Waals surface area contributed by atoms with E-state index >= 15 is 0 Å². The van der Waals surface area contributed by atoms with E-state index in [0.717, 1.165) is 38.8 Å². The van der Waals surface area contributed by atoms with Crippen LogP contribution >= 0.6 is 0 Å². The van der Waals surface area contributed by atoms with E-state index in [-0.39, 0.29) is 11.7 Å². The van der Waals surface area contributed by atoms with Gasteiger partial charge in [-0.1, -0.05) is 11.6 Å². The van der Waals surface area contributed by atoms with Crippen LogP contribution in [0.2, 0.25) is 0 Å². The molecule has 1 aromatic carbocycles. The first-order valence-corrected chi connectivity index (χ1v) is 9.05. The molecule has 1 saturated heterocycles. The van der Waals surface area contributed by atoms with Crippen LogP contribution in [0.15, 0.2) is 24.3 Å². The van der Waals surface area contributed by atoms with Crippen LogP contribution in [0.4, 0.5) is 0 Å². The Morgan fingerprint density at radius 2 is 2.12 bits per heavy atom. The van der Waals surface area contributed by atoms with Gasteiger partial charge in [-0.2, -0.15) is 0 Å². The molecule has 24 heavy (non-hydrogen) atoms. The maximum absolute atomic E-state index is 10.2. The van der Waals surface area contributed by atoms with Crippen LogP contribution in [0, 0.1) is 6.92 Å². The fourth-order valence-corrected chi connectivity index (χ4v) is 4.85. The Balaban J connectivity index is 1.62. The Labute approximate surface area is 144 Å². The van der Waals surface area contributed by atoms with Gasteiger partial charge < -0.3 is 14.4 Å². The molecule has 0 amide bonds. The molecular formula is C20H28N2O2. The first-order chi connectivity index (χ1) is 11.5. The van der Waals surface area contributed by atoms with Crippen molar-refractivity contribution in [2.75, 3.05) is 13.7 Å². The number of aliphatic hydroxyl groups is 1. The average Bonchev–Trinajstić information content (AvgIpc) is 3.07. The highest BCUT2D eigenvalue weighted by Crippen LogP contribution is 2.43. The molecule has 2 heterocycles. The van der Waals surface area contributed by atoms with Gasteiger partial charge in [-0.25, -0.2) is 0 Å². The number of fused-ring (bicyclic) bond motifs is 2. The summed E-state index contributed by atoms with van der Waals surface area (Å²) < 4.78 is 8.27. The molecule has 2 aromatic rings. The molecule has 0 unspecified atom stereocenters. The van der Waals surface area contributed by atoms with E-state index in [2.05, 4.69) is 47.7 Å². The third-order valence-corrected chi connectivity index (χ3v) is 6.34. The highest BCUT2D eigenvalue weighted by atomic mass is 16.5. The molecule has 1 aliphatic heterocycles. The molecule has 1 N–H and O–H groups in total. The van der Waals surface area contributed by atoms with Gasteiger partial charge >= 0.3 is 0 Å². The molecule has 3 atom stereocenters. The van der Waals surface area contributed by atoms with Gasteiger partial charge in [-0.15, -0.1) is 0 Å². The van der Waals surface area contributed by atoms with Gasteiger partial charge in [0.1, 0.15) is 0 Å². The Bertz CT molecular complexity index is 753. The van der Waals surface area contributed by atoms with Crippen molar-refractivity contribution in [1.29, 1.82) is 0 Å². The van der Waals surface area contributed by atoms with Crippen LogP contribution in [0.5, 0.6) is 0 Å². The van der Waals surface area contributed by atoms with Crippen molar-refractivity contribution in [3.8, 4) is 0 Å². The number of ether oxygens (including phenoxy) is 1. The standard InChI is InChI=1S/C20H28N2O2/c1-14-4-5-18-15(10-14)11-16(21(18)2)13-22-9-8-20(24-3)7-6-17(23)12-19(20)22/h4-5,10-11,17,19,23H,6-9,12-13H2,1-3H3/t17-,19+,20-/m1/s1. The highest BCUT2D eigenvalue weighted by Gasteiger charge is 2.50. The van der Waals surface area contributed by atoms with E-state index in [0.29, 0.717) is 6.04 Å². The van der Waals surface area contributed by atoms with Crippen molar-refractivity contribution in [2.45, 2.75) is 56.9 Å². The lowest BCUT2D eigenvalue weighted by Crippen LogP contribution is -2.51. The van der Waals surface area contributed by atoms with Crippen molar-refractivity contribution in [3.63, 3.8) is 0 Å². The molecule has 4 heteroatoms. The smallest absolute Gasteiger partial charge is 0.0847 e. The first kappa shape index (κ1) is 16.1. The molecule has 1 aromatic heterocycles. The number of hydrogen-bond acceptors (Lipinski definition) is 3. The van der Waals surface area contributed by atoms with Crippen LogP contribution in [0.3, 0.4) is 0 Å². The lowest BCUT2D eigenvalue weighted by Gasteiger charge is -2.42. The topological polar surface area (TPSA) is 37.6 Å². The fourth-order valence-electron chi connectivity index (χ4n) is 4.85. The van der Waals surface area contributed by atoms with Gasteiger partial charge in [0.05, 0.1) is 11.7 Å². The SMILES string of the molecule is CO[C@@]12CC[C@@H](O)C[C@@H]1N(Cc1cc3cc(C)ccc3n1C)CC2. The van der Waals surface area contributed by atoms with Gasteiger partial charge in [-0.05, 0) is 50.8 Å². The largest absolute Gasteiger partial charge is 0.393 e. The number of aliphatic hydroxyl groups excluding tert-OH is 1. The lowest BCUT2D eigenvalue weighted by molar-refractivity contribution is -0.0881. The number of aromatic nitrogens is 1. The Kier molecular flexibility index (Phi) is 3.94. The second-order valence-corrected chi connectivity index (χ2v) is 7.69. The molecule has 0 radical (unpaired) electrons. The molecule has 2 fully saturated rings. The molecule has 4 rings (SSSR count). The molecule has 1 saturated carbocycles. The van der Waals surface area contributed by atoms with E-state index in [9.17, 15) is 5.11 Å². The zero-order valence-corrected chi connectivity index (χ0v) is 15.0. The van der Waals surface area contributed by atoms with E-state index in [1.54, 1.807) is 0 Å². The summed E-state index contributed by atoms with van der Waals surface area (Å²) in [5.74, 6) is 0. The molecule has 2 aliphatic rings. The number of aryl methyl sites for hydroxylation is 2. The summed E-state index contributed by atoms with van der Waals surface area (Å²) >= 11 is 0. The minimum atomic E-state index is -0.186. The van der Waals surface area contributed by atoms with E-state index in [1.807, 2.05) is 7.11 Å². The molecular weight excluding hydrogens is 300 g/mol. The molecule has 1 aliphatic carbocycles. The van der Waals surface area contributed by atoms with Crippen molar-refractivity contribution in [3.05, 3.63) is 35.5 Å². The van der Waals surface area contributed by atoms with E-state index < -0.39 is 0 Å². The minimum Gasteiger partial charge on any atom is -0.393 e. The summed E-state index contributed by atoms with van der Waals surface area (Å²) in [7, 11) is 4.00. The van der Waals surface area contributed by atoms with Crippen molar-refractivity contribution < 1.29 is 9.84 Å². The zero-order valence-electron chi connectivity index (χ0n) is 15.0. The Morgan fingerprint density at radius 3 is 2.92 bits per heavy atom.